The van der Waals surface area contributed by atoms with Gasteiger partial charge in [-0.3, -0.25) is 9.48 Å². The number of ether oxygens (including phenoxy) is 2. The van der Waals surface area contributed by atoms with Crippen LogP contribution in [0.1, 0.15) is 22.5 Å². The number of benzene rings is 2. The number of hydrazone groups is 1. The summed E-state index contributed by atoms with van der Waals surface area (Å²) in [6.45, 7) is 4.32. The number of nitrogens with zero attached hydrogens (tertiary/aromatic N) is 3. The van der Waals surface area contributed by atoms with Crippen LogP contribution in [-0.2, 0) is 17.9 Å². The van der Waals surface area contributed by atoms with Crippen LogP contribution in [0.3, 0.4) is 0 Å². The molecule has 156 valence electrons. The number of aromatic nitrogens is 2. The minimum absolute atomic E-state index is 0.107. The average molecular weight is 471 g/mol. The van der Waals surface area contributed by atoms with E-state index < -0.39 is 0 Å². The normalized spacial score (nSPS) is 10.9. The van der Waals surface area contributed by atoms with Crippen LogP contribution in [0, 0.1) is 13.8 Å². The first kappa shape index (κ1) is 21.6. The highest BCUT2D eigenvalue weighted by atomic mass is 79.9. The average Bonchev–Trinajstić information content (AvgIpc) is 3.04. The van der Waals surface area contributed by atoms with Crippen molar-refractivity contribution < 1.29 is 14.3 Å². The maximum atomic E-state index is 12.1. The fourth-order valence-electron chi connectivity index (χ4n) is 2.87. The summed E-state index contributed by atoms with van der Waals surface area (Å²) in [5, 5.41) is 8.30. The molecule has 0 saturated heterocycles. The van der Waals surface area contributed by atoms with E-state index in [0.29, 0.717) is 18.1 Å². The third-order valence-corrected chi connectivity index (χ3v) is 4.87. The highest BCUT2D eigenvalue weighted by molar-refractivity contribution is 9.10. The van der Waals surface area contributed by atoms with Crippen LogP contribution in [0.4, 0.5) is 0 Å². The number of hydrogen-bond donors (Lipinski definition) is 1. The van der Waals surface area contributed by atoms with E-state index in [1.807, 2.05) is 56.3 Å². The molecule has 0 saturated carbocycles. The van der Waals surface area contributed by atoms with Gasteiger partial charge in [0.15, 0.2) is 11.5 Å². The van der Waals surface area contributed by atoms with Crippen LogP contribution in [-0.4, -0.2) is 29.0 Å². The van der Waals surface area contributed by atoms with Gasteiger partial charge in [0, 0.05) is 5.69 Å². The minimum atomic E-state index is -0.258. The summed E-state index contributed by atoms with van der Waals surface area (Å²) < 4.78 is 13.8. The summed E-state index contributed by atoms with van der Waals surface area (Å²) in [6.07, 6.45) is 1.55. The van der Waals surface area contributed by atoms with E-state index in [1.54, 1.807) is 24.1 Å². The van der Waals surface area contributed by atoms with Gasteiger partial charge in [-0.1, -0.05) is 30.3 Å². The fraction of sp³-hybridized carbons (Fsp3) is 0.227. The molecule has 1 N–H and O–H groups in total. The lowest BCUT2D eigenvalue weighted by atomic mass is 10.2. The molecule has 0 spiro atoms. The zero-order chi connectivity index (χ0) is 21.5. The van der Waals surface area contributed by atoms with Gasteiger partial charge in [-0.15, -0.1) is 0 Å². The van der Waals surface area contributed by atoms with E-state index in [9.17, 15) is 4.79 Å². The van der Waals surface area contributed by atoms with Gasteiger partial charge < -0.3 is 9.47 Å². The van der Waals surface area contributed by atoms with Crippen LogP contribution in [0.5, 0.6) is 11.5 Å². The van der Waals surface area contributed by atoms with Crippen LogP contribution >= 0.6 is 15.9 Å². The first-order valence-electron chi connectivity index (χ1n) is 9.33. The van der Waals surface area contributed by atoms with Gasteiger partial charge in [-0.05, 0) is 59.1 Å². The quantitative estimate of drug-likeness (QED) is 0.398. The molecular formula is C22H23BrN4O3. The topological polar surface area (TPSA) is 77.7 Å². The molecule has 0 aliphatic rings. The molecule has 0 unspecified atom stereocenters. The van der Waals surface area contributed by atoms with E-state index in [4.69, 9.17) is 9.47 Å². The Morgan fingerprint density at radius 3 is 2.67 bits per heavy atom. The summed E-state index contributed by atoms with van der Waals surface area (Å²) in [5.74, 6) is 0.911. The zero-order valence-corrected chi connectivity index (χ0v) is 18.6. The molecular weight excluding hydrogens is 448 g/mol. The van der Waals surface area contributed by atoms with Crippen molar-refractivity contribution in [2.45, 2.75) is 27.0 Å². The van der Waals surface area contributed by atoms with Crippen LogP contribution < -0.4 is 14.9 Å². The smallest absolute Gasteiger partial charge is 0.261 e. The molecule has 3 rings (SSSR count). The molecule has 0 aliphatic carbocycles. The maximum absolute atomic E-state index is 12.1. The lowest BCUT2D eigenvalue weighted by molar-refractivity contribution is -0.121. The summed E-state index contributed by atoms with van der Waals surface area (Å²) in [6, 6.07) is 15.4. The molecule has 0 fully saturated rings. The third kappa shape index (κ3) is 5.70. The number of amides is 1. The Bertz CT molecular complexity index is 1050. The van der Waals surface area contributed by atoms with E-state index in [2.05, 4.69) is 31.6 Å². The number of hydrogen-bond acceptors (Lipinski definition) is 5. The molecule has 30 heavy (non-hydrogen) atoms. The SMILES string of the molecule is COc1cc(/C=N/NC(=O)Cn2nc(C)cc2C)cc(Br)c1OCc1ccccc1. The Kier molecular flexibility index (Phi) is 7.24. The Balaban J connectivity index is 1.63. The number of carbonyl (C=O) groups excluding carboxylic acids is 1. The first-order valence-corrected chi connectivity index (χ1v) is 10.1. The second-order valence-electron chi connectivity index (χ2n) is 6.69. The molecule has 1 heterocycles. The second kappa shape index (κ2) is 10.1. The van der Waals surface area contributed by atoms with Crippen molar-refractivity contribution in [1.29, 1.82) is 0 Å². The number of carbonyl (C=O) groups is 1. The lowest BCUT2D eigenvalue weighted by Gasteiger charge is -2.13. The van der Waals surface area contributed by atoms with Crippen molar-refractivity contribution in [2.24, 2.45) is 5.10 Å². The van der Waals surface area contributed by atoms with Gasteiger partial charge in [0.2, 0.25) is 0 Å². The number of aryl methyl sites for hydroxylation is 2. The Morgan fingerprint density at radius 2 is 2.00 bits per heavy atom. The monoisotopic (exact) mass is 470 g/mol. The Hall–Kier alpha value is -3.13. The number of methoxy groups -OCH3 is 1. The molecule has 8 heteroatoms. The molecule has 0 atom stereocenters. The highest BCUT2D eigenvalue weighted by Crippen LogP contribution is 2.36. The molecule has 7 nitrogen and oxygen atoms in total. The van der Waals surface area contributed by atoms with Crippen LogP contribution in [0.15, 0.2) is 58.1 Å². The summed E-state index contributed by atoms with van der Waals surface area (Å²) in [7, 11) is 1.58. The van der Waals surface area contributed by atoms with Gasteiger partial charge in [0.05, 0.1) is 23.5 Å². The second-order valence-corrected chi connectivity index (χ2v) is 7.54. The van der Waals surface area contributed by atoms with Crippen molar-refractivity contribution in [2.75, 3.05) is 7.11 Å². The van der Waals surface area contributed by atoms with Crippen molar-refractivity contribution in [3.05, 3.63) is 75.5 Å². The minimum Gasteiger partial charge on any atom is -0.493 e. The maximum Gasteiger partial charge on any atom is 0.261 e. The molecule has 1 aromatic heterocycles. The summed E-state index contributed by atoms with van der Waals surface area (Å²) in [4.78, 5) is 12.1. The van der Waals surface area contributed by atoms with Crippen molar-refractivity contribution in [1.82, 2.24) is 15.2 Å². The van der Waals surface area contributed by atoms with Gasteiger partial charge in [0.25, 0.3) is 5.91 Å². The molecule has 1 amide bonds. The number of halogens is 1. The first-order chi connectivity index (χ1) is 14.5. The fourth-order valence-corrected chi connectivity index (χ4v) is 3.44. The van der Waals surface area contributed by atoms with Crippen molar-refractivity contribution in [3.8, 4) is 11.5 Å². The molecule has 2 aromatic carbocycles. The predicted molar refractivity (Wildman–Crippen MR) is 119 cm³/mol. The van der Waals surface area contributed by atoms with Gasteiger partial charge in [0.1, 0.15) is 13.2 Å². The predicted octanol–water partition coefficient (Wildman–Crippen LogP) is 4.00. The highest BCUT2D eigenvalue weighted by Gasteiger charge is 2.12. The van der Waals surface area contributed by atoms with Gasteiger partial charge >= 0.3 is 0 Å². The van der Waals surface area contributed by atoms with Crippen LogP contribution in [0.2, 0.25) is 0 Å². The number of nitrogens with one attached hydrogen (secondary N) is 1. The Labute approximate surface area is 183 Å². The van der Waals surface area contributed by atoms with E-state index >= 15 is 0 Å². The van der Waals surface area contributed by atoms with E-state index in [0.717, 1.165) is 27.0 Å². The van der Waals surface area contributed by atoms with Crippen molar-refractivity contribution in [3.63, 3.8) is 0 Å². The lowest BCUT2D eigenvalue weighted by Crippen LogP contribution is -2.24. The van der Waals surface area contributed by atoms with Crippen molar-refractivity contribution >= 4 is 28.1 Å². The molecule has 3 aromatic rings. The van der Waals surface area contributed by atoms with Crippen LogP contribution in [0.25, 0.3) is 0 Å². The van der Waals surface area contributed by atoms with Gasteiger partial charge in [-0.25, -0.2) is 5.43 Å². The van der Waals surface area contributed by atoms with E-state index in [1.165, 1.54) is 0 Å². The number of rotatable bonds is 8. The summed E-state index contributed by atoms with van der Waals surface area (Å²) in [5.41, 5.74) is 6.12. The molecule has 0 radical (unpaired) electrons. The largest absolute Gasteiger partial charge is 0.493 e. The Morgan fingerprint density at radius 1 is 1.23 bits per heavy atom. The van der Waals surface area contributed by atoms with E-state index in [-0.39, 0.29) is 12.5 Å². The molecule has 0 aliphatic heterocycles. The molecule has 0 bridgehead atoms. The standard InChI is InChI=1S/C22H23BrN4O3/c1-15-9-16(2)27(26-15)13-21(28)25-24-12-18-10-19(23)22(20(11-18)29-3)30-14-17-7-5-4-6-8-17/h4-12H,13-14H2,1-3H3,(H,25,28)/b24-12+. The third-order valence-electron chi connectivity index (χ3n) is 4.28. The van der Waals surface area contributed by atoms with Gasteiger partial charge in [-0.2, -0.15) is 10.2 Å². The summed E-state index contributed by atoms with van der Waals surface area (Å²) >= 11 is 3.52. The zero-order valence-electron chi connectivity index (χ0n) is 17.1.